The van der Waals surface area contributed by atoms with E-state index in [2.05, 4.69) is 12.1 Å². The van der Waals surface area contributed by atoms with Crippen LogP contribution in [0.2, 0.25) is 0 Å². The smallest absolute Gasteiger partial charge is 0.253 e. The second kappa shape index (κ2) is 4.15. The number of nitrogens with zero attached hydrogens (tertiary/aromatic N) is 1. The molecule has 0 saturated carbocycles. The highest BCUT2D eigenvalue weighted by atomic mass is 16.3. The summed E-state index contributed by atoms with van der Waals surface area (Å²) >= 11 is 0. The van der Waals surface area contributed by atoms with Crippen molar-refractivity contribution in [2.75, 3.05) is 19.7 Å². The first kappa shape index (κ1) is 10.8. The van der Waals surface area contributed by atoms with Crippen molar-refractivity contribution < 1.29 is 9.90 Å². The van der Waals surface area contributed by atoms with Gasteiger partial charge in [-0.15, -0.1) is 0 Å². The molecule has 1 aliphatic carbocycles. The van der Waals surface area contributed by atoms with E-state index < -0.39 is 0 Å². The number of fused-ring (bicyclic) bond motifs is 1. The number of carbonyl (C=O) groups is 1. The van der Waals surface area contributed by atoms with Crippen LogP contribution in [0, 0.1) is 5.92 Å². The van der Waals surface area contributed by atoms with Gasteiger partial charge in [0.05, 0.1) is 0 Å². The van der Waals surface area contributed by atoms with E-state index in [-0.39, 0.29) is 18.4 Å². The standard InChI is InChI=1S/C14H17NO2/c16-9-10-7-15(8-10)14(17)13-5-4-11-2-1-3-12(11)6-13/h4-6,10,16H,1-3,7-9H2. The molecule has 3 heteroatoms. The summed E-state index contributed by atoms with van der Waals surface area (Å²) in [6.45, 7) is 1.59. The van der Waals surface area contributed by atoms with E-state index in [1.807, 2.05) is 11.0 Å². The lowest BCUT2D eigenvalue weighted by molar-refractivity contribution is 0.0362. The van der Waals surface area contributed by atoms with Gasteiger partial charge in [-0.05, 0) is 42.5 Å². The molecule has 0 radical (unpaired) electrons. The lowest BCUT2D eigenvalue weighted by Gasteiger charge is -2.38. The lowest BCUT2D eigenvalue weighted by atomic mass is 9.99. The Morgan fingerprint density at radius 3 is 2.82 bits per heavy atom. The Morgan fingerprint density at radius 2 is 2.06 bits per heavy atom. The highest BCUT2D eigenvalue weighted by Crippen LogP contribution is 2.25. The summed E-state index contributed by atoms with van der Waals surface area (Å²) in [6.07, 6.45) is 3.47. The number of benzene rings is 1. The third kappa shape index (κ3) is 1.84. The van der Waals surface area contributed by atoms with Gasteiger partial charge in [0.1, 0.15) is 0 Å². The van der Waals surface area contributed by atoms with Gasteiger partial charge >= 0.3 is 0 Å². The number of rotatable bonds is 2. The number of aliphatic hydroxyl groups excluding tert-OH is 1. The van der Waals surface area contributed by atoms with Crippen molar-refractivity contribution in [2.45, 2.75) is 19.3 Å². The number of hydrogen-bond acceptors (Lipinski definition) is 2. The molecular weight excluding hydrogens is 214 g/mol. The zero-order valence-corrected chi connectivity index (χ0v) is 9.85. The van der Waals surface area contributed by atoms with E-state index in [9.17, 15) is 4.79 Å². The first-order valence-electron chi connectivity index (χ1n) is 6.30. The van der Waals surface area contributed by atoms with Crippen LogP contribution in [0.25, 0.3) is 0 Å². The molecule has 90 valence electrons. The third-order valence-corrected chi connectivity index (χ3v) is 3.85. The maximum Gasteiger partial charge on any atom is 0.253 e. The Balaban J connectivity index is 1.74. The first-order valence-corrected chi connectivity index (χ1v) is 6.30. The van der Waals surface area contributed by atoms with Gasteiger partial charge in [0.15, 0.2) is 0 Å². The average molecular weight is 231 g/mol. The van der Waals surface area contributed by atoms with Gasteiger partial charge in [-0.2, -0.15) is 0 Å². The Morgan fingerprint density at radius 1 is 1.29 bits per heavy atom. The second-order valence-corrected chi connectivity index (χ2v) is 5.10. The largest absolute Gasteiger partial charge is 0.396 e. The van der Waals surface area contributed by atoms with E-state index in [0.29, 0.717) is 13.1 Å². The lowest BCUT2D eigenvalue weighted by Crippen LogP contribution is -2.51. The van der Waals surface area contributed by atoms with Gasteiger partial charge in [0.25, 0.3) is 5.91 Å². The van der Waals surface area contributed by atoms with Gasteiger partial charge in [-0.25, -0.2) is 0 Å². The Bertz CT molecular complexity index is 450. The van der Waals surface area contributed by atoms with E-state index in [1.165, 1.54) is 17.5 Å². The quantitative estimate of drug-likeness (QED) is 0.832. The van der Waals surface area contributed by atoms with Gasteiger partial charge in [-0.1, -0.05) is 6.07 Å². The van der Waals surface area contributed by atoms with Crippen molar-refractivity contribution in [3.63, 3.8) is 0 Å². The van der Waals surface area contributed by atoms with Crippen LogP contribution in [0.5, 0.6) is 0 Å². The molecule has 1 heterocycles. The molecule has 0 unspecified atom stereocenters. The van der Waals surface area contributed by atoms with E-state index >= 15 is 0 Å². The molecule has 1 fully saturated rings. The zero-order chi connectivity index (χ0) is 11.8. The Labute approximate surface area is 101 Å². The summed E-state index contributed by atoms with van der Waals surface area (Å²) in [5.74, 6) is 0.401. The molecule has 3 rings (SSSR count). The van der Waals surface area contributed by atoms with Gasteiger partial charge < -0.3 is 10.0 Å². The minimum Gasteiger partial charge on any atom is -0.396 e. The van der Waals surface area contributed by atoms with Crippen molar-refractivity contribution in [3.8, 4) is 0 Å². The molecule has 0 spiro atoms. The highest BCUT2D eigenvalue weighted by Gasteiger charge is 2.30. The van der Waals surface area contributed by atoms with Gasteiger partial charge in [0, 0.05) is 31.2 Å². The molecule has 1 saturated heterocycles. The van der Waals surface area contributed by atoms with E-state index in [1.54, 1.807) is 0 Å². The molecule has 1 aliphatic heterocycles. The van der Waals surface area contributed by atoms with E-state index in [4.69, 9.17) is 5.11 Å². The first-order chi connectivity index (χ1) is 8.28. The number of aliphatic hydroxyl groups is 1. The molecule has 2 aliphatic rings. The average Bonchev–Trinajstić information content (AvgIpc) is 2.74. The van der Waals surface area contributed by atoms with Crippen LogP contribution in [0.1, 0.15) is 27.9 Å². The van der Waals surface area contributed by atoms with Crippen molar-refractivity contribution in [3.05, 3.63) is 34.9 Å². The van der Waals surface area contributed by atoms with Crippen molar-refractivity contribution in [2.24, 2.45) is 5.92 Å². The number of likely N-dealkylation sites (tertiary alicyclic amines) is 1. The summed E-state index contributed by atoms with van der Waals surface area (Å²) in [5, 5.41) is 8.95. The SMILES string of the molecule is O=C(c1ccc2c(c1)CCC2)N1CC(CO)C1. The molecule has 0 bridgehead atoms. The van der Waals surface area contributed by atoms with Crippen molar-refractivity contribution in [1.29, 1.82) is 0 Å². The molecule has 1 aromatic rings. The summed E-state index contributed by atoms with van der Waals surface area (Å²) in [5.41, 5.74) is 3.55. The van der Waals surface area contributed by atoms with Crippen LogP contribution < -0.4 is 0 Å². The molecule has 0 atom stereocenters. The summed E-state index contributed by atoms with van der Waals surface area (Å²) in [7, 11) is 0. The fourth-order valence-electron chi connectivity index (χ4n) is 2.74. The van der Waals surface area contributed by atoms with Gasteiger partial charge in [0.2, 0.25) is 0 Å². The molecule has 1 aromatic carbocycles. The Kier molecular flexibility index (Phi) is 2.63. The molecular formula is C14H17NO2. The summed E-state index contributed by atoms with van der Waals surface area (Å²) in [6, 6.07) is 6.09. The number of aryl methyl sites for hydroxylation is 2. The minimum absolute atomic E-state index is 0.115. The summed E-state index contributed by atoms with van der Waals surface area (Å²) < 4.78 is 0. The molecule has 0 aromatic heterocycles. The topological polar surface area (TPSA) is 40.5 Å². The second-order valence-electron chi connectivity index (χ2n) is 5.10. The van der Waals surface area contributed by atoms with Crippen LogP contribution in [0.3, 0.4) is 0 Å². The third-order valence-electron chi connectivity index (χ3n) is 3.85. The van der Waals surface area contributed by atoms with Crippen LogP contribution in [-0.2, 0) is 12.8 Å². The normalized spacial score (nSPS) is 19.0. The number of hydrogen-bond donors (Lipinski definition) is 1. The molecule has 1 amide bonds. The van der Waals surface area contributed by atoms with Crippen LogP contribution in [-0.4, -0.2) is 35.6 Å². The Hall–Kier alpha value is -1.35. The molecule has 3 nitrogen and oxygen atoms in total. The highest BCUT2D eigenvalue weighted by molar-refractivity contribution is 5.95. The number of amides is 1. The fraction of sp³-hybridized carbons (Fsp3) is 0.500. The van der Waals surface area contributed by atoms with Crippen LogP contribution in [0.4, 0.5) is 0 Å². The molecule has 1 N–H and O–H groups in total. The van der Waals surface area contributed by atoms with Crippen LogP contribution in [0.15, 0.2) is 18.2 Å². The molecule has 17 heavy (non-hydrogen) atoms. The fourth-order valence-corrected chi connectivity index (χ4v) is 2.74. The van der Waals surface area contributed by atoms with Crippen LogP contribution >= 0.6 is 0 Å². The zero-order valence-electron chi connectivity index (χ0n) is 9.85. The summed E-state index contributed by atoms with van der Waals surface area (Å²) in [4.78, 5) is 13.9. The minimum atomic E-state index is 0.115. The number of carbonyl (C=O) groups excluding carboxylic acids is 1. The maximum atomic E-state index is 12.1. The monoisotopic (exact) mass is 231 g/mol. The van der Waals surface area contributed by atoms with Crippen molar-refractivity contribution >= 4 is 5.91 Å². The predicted octanol–water partition coefficient (Wildman–Crippen LogP) is 1.24. The van der Waals surface area contributed by atoms with Gasteiger partial charge in [-0.3, -0.25) is 4.79 Å². The predicted molar refractivity (Wildman–Crippen MR) is 64.9 cm³/mol. The maximum absolute atomic E-state index is 12.1. The van der Waals surface area contributed by atoms with E-state index in [0.717, 1.165) is 18.4 Å². The van der Waals surface area contributed by atoms with Crippen molar-refractivity contribution in [1.82, 2.24) is 4.90 Å².